The number of halogens is 1. The molecule has 2 aromatic rings. The molecule has 0 bridgehead atoms. The van der Waals surface area contributed by atoms with E-state index in [0.717, 1.165) is 37.7 Å². The maximum Gasteiger partial charge on any atom is 0.242 e. The molecule has 1 aliphatic carbocycles. The van der Waals surface area contributed by atoms with Crippen LogP contribution in [0.15, 0.2) is 35.7 Å². The van der Waals surface area contributed by atoms with Crippen LogP contribution in [-0.4, -0.2) is 46.8 Å². The van der Waals surface area contributed by atoms with Gasteiger partial charge in [-0.25, -0.2) is 4.39 Å². The molecule has 0 saturated heterocycles. The second-order valence-corrected chi connectivity index (χ2v) is 11.0. The molecule has 33 heavy (non-hydrogen) atoms. The second-order valence-electron chi connectivity index (χ2n) is 10.00. The quantitative estimate of drug-likeness (QED) is 0.580. The zero-order chi connectivity index (χ0) is 23.6. The topological polar surface area (TPSA) is 49.9 Å². The van der Waals surface area contributed by atoms with Crippen LogP contribution in [0.4, 0.5) is 4.39 Å². The maximum atomic E-state index is 13.6. The Hall–Kier alpha value is -2.41. The van der Waals surface area contributed by atoms with Crippen LogP contribution in [0.1, 0.15) is 62.9 Å². The molecule has 0 N–H and O–H groups in total. The minimum absolute atomic E-state index is 0.0222. The predicted molar refractivity (Wildman–Crippen MR) is 128 cm³/mol. The molecule has 5 nitrogen and oxygen atoms in total. The average Bonchev–Trinajstić information content (AvgIpc) is 3.46. The van der Waals surface area contributed by atoms with Gasteiger partial charge in [-0.15, -0.1) is 11.3 Å². The highest BCUT2D eigenvalue weighted by molar-refractivity contribution is 7.10. The lowest BCUT2D eigenvalue weighted by Gasteiger charge is -2.41. The Morgan fingerprint density at radius 3 is 2.67 bits per heavy atom. The summed E-state index contributed by atoms with van der Waals surface area (Å²) >= 11 is 1.69. The van der Waals surface area contributed by atoms with Crippen molar-refractivity contribution < 1.29 is 18.7 Å². The molecule has 1 aromatic carbocycles. The summed E-state index contributed by atoms with van der Waals surface area (Å²) in [6.07, 6.45) is 4.77. The highest BCUT2D eigenvalue weighted by atomic mass is 32.1. The number of rotatable bonds is 6. The van der Waals surface area contributed by atoms with E-state index in [1.807, 2.05) is 37.1 Å². The van der Waals surface area contributed by atoms with E-state index >= 15 is 0 Å². The second kappa shape index (κ2) is 9.84. The standard InChI is InChI=1S/C26H33FN2O3S/c1-26(2,3)29(25(31)18-7-4-5-8-18)16-24(30)28-13-11-23-21(12-14-33-23)22(28)17-32-20-10-6-9-19(27)15-20/h6,9-10,12,14-15,18,22H,4-5,7-8,11,13,16-17H2,1-3H3. The van der Waals surface area contributed by atoms with Gasteiger partial charge in [-0.3, -0.25) is 9.59 Å². The molecule has 1 saturated carbocycles. The van der Waals surface area contributed by atoms with Gasteiger partial charge < -0.3 is 14.5 Å². The molecule has 0 spiro atoms. The maximum absolute atomic E-state index is 13.6. The fourth-order valence-electron chi connectivity index (χ4n) is 4.87. The lowest BCUT2D eigenvalue weighted by Crippen LogP contribution is -2.54. The van der Waals surface area contributed by atoms with Crippen molar-refractivity contribution >= 4 is 23.2 Å². The number of nitrogens with zero attached hydrogens (tertiary/aromatic N) is 2. The summed E-state index contributed by atoms with van der Waals surface area (Å²) in [5.74, 6) is 0.132. The van der Waals surface area contributed by atoms with Crippen molar-refractivity contribution in [1.82, 2.24) is 9.80 Å². The molecular weight excluding hydrogens is 439 g/mol. The van der Waals surface area contributed by atoms with Crippen molar-refractivity contribution in [1.29, 1.82) is 0 Å². The SMILES string of the molecule is CC(C)(C)N(CC(=O)N1CCc2sccc2C1COc1cccc(F)c1)C(=O)C1CCCC1. The summed E-state index contributed by atoms with van der Waals surface area (Å²) in [7, 11) is 0. The highest BCUT2D eigenvalue weighted by Gasteiger charge is 2.38. The van der Waals surface area contributed by atoms with E-state index in [1.54, 1.807) is 28.4 Å². The van der Waals surface area contributed by atoms with Crippen molar-refractivity contribution in [2.75, 3.05) is 19.7 Å². The molecular formula is C26H33FN2O3S. The summed E-state index contributed by atoms with van der Waals surface area (Å²) in [5.41, 5.74) is 0.645. The molecule has 2 amide bonds. The summed E-state index contributed by atoms with van der Waals surface area (Å²) in [5, 5.41) is 2.04. The lowest BCUT2D eigenvalue weighted by molar-refractivity contribution is -0.149. The van der Waals surface area contributed by atoms with Crippen LogP contribution in [-0.2, 0) is 16.0 Å². The third kappa shape index (κ3) is 5.40. The fraction of sp³-hybridized carbons (Fsp3) is 0.538. The van der Waals surface area contributed by atoms with E-state index in [4.69, 9.17) is 4.74 Å². The number of thiophene rings is 1. The minimum atomic E-state index is -0.438. The number of hydrogen-bond donors (Lipinski definition) is 0. The first-order valence-corrected chi connectivity index (χ1v) is 12.7. The van der Waals surface area contributed by atoms with Gasteiger partial charge in [-0.1, -0.05) is 18.9 Å². The number of benzene rings is 1. The fourth-order valence-corrected chi connectivity index (χ4v) is 5.80. The highest BCUT2D eigenvalue weighted by Crippen LogP contribution is 2.35. The Kier molecular flexibility index (Phi) is 7.07. The smallest absolute Gasteiger partial charge is 0.242 e. The van der Waals surface area contributed by atoms with Crippen molar-refractivity contribution in [2.45, 2.75) is 64.5 Å². The molecule has 1 aliphatic heterocycles. The third-order valence-electron chi connectivity index (χ3n) is 6.69. The predicted octanol–water partition coefficient (Wildman–Crippen LogP) is 5.21. The molecule has 2 heterocycles. The van der Waals surface area contributed by atoms with Gasteiger partial charge in [0.15, 0.2) is 0 Å². The molecule has 1 atom stereocenters. The van der Waals surface area contributed by atoms with Crippen molar-refractivity contribution in [2.24, 2.45) is 5.92 Å². The van der Waals surface area contributed by atoms with Gasteiger partial charge in [0.2, 0.25) is 11.8 Å². The molecule has 7 heteroatoms. The number of amides is 2. The van der Waals surface area contributed by atoms with Crippen LogP contribution in [0, 0.1) is 11.7 Å². The largest absolute Gasteiger partial charge is 0.491 e. The van der Waals surface area contributed by atoms with E-state index < -0.39 is 5.54 Å². The van der Waals surface area contributed by atoms with Gasteiger partial charge in [0.25, 0.3) is 0 Å². The molecule has 2 aliphatic rings. The van der Waals surface area contributed by atoms with Crippen LogP contribution < -0.4 is 4.74 Å². The molecule has 1 aromatic heterocycles. The van der Waals surface area contributed by atoms with Gasteiger partial charge in [0.1, 0.15) is 24.7 Å². The van der Waals surface area contributed by atoms with Gasteiger partial charge in [-0.2, -0.15) is 0 Å². The molecule has 0 radical (unpaired) electrons. The van der Waals surface area contributed by atoms with Crippen molar-refractivity contribution in [3.63, 3.8) is 0 Å². The van der Waals surface area contributed by atoms with Crippen molar-refractivity contribution in [3.05, 3.63) is 52.0 Å². The molecule has 1 fully saturated rings. The summed E-state index contributed by atoms with van der Waals surface area (Å²) in [6.45, 7) is 6.86. The van der Waals surface area contributed by atoms with Gasteiger partial charge >= 0.3 is 0 Å². The number of carbonyl (C=O) groups is 2. The monoisotopic (exact) mass is 472 g/mol. The van der Waals surface area contributed by atoms with E-state index in [9.17, 15) is 14.0 Å². The Balaban J connectivity index is 1.53. The number of fused-ring (bicyclic) bond motifs is 1. The lowest BCUT2D eigenvalue weighted by atomic mass is 9.98. The van der Waals surface area contributed by atoms with Gasteiger partial charge in [0.05, 0.1) is 6.04 Å². The van der Waals surface area contributed by atoms with Gasteiger partial charge in [0, 0.05) is 28.9 Å². The first kappa shape index (κ1) is 23.7. The van der Waals surface area contributed by atoms with Crippen LogP contribution >= 0.6 is 11.3 Å². The first-order valence-electron chi connectivity index (χ1n) is 11.8. The normalized spacial score (nSPS) is 18.8. The summed E-state index contributed by atoms with van der Waals surface area (Å²) in [6, 6.07) is 7.84. The van der Waals surface area contributed by atoms with E-state index in [2.05, 4.69) is 0 Å². The van der Waals surface area contributed by atoms with Crippen LogP contribution in [0.2, 0.25) is 0 Å². The molecule has 1 unspecified atom stereocenters. The number of hydrogen-bond acceptors (Lipinski definition) is 4. The van der Waals surface area contributed by atoms with Gasteiger partial charge in [-0.05, 0) is 69.2 Å². The first-order chi connectivity index (χ1) is 15.7. The Morgan fingerprint density at radius 2 is 1.97 bits per heavy atom. The Morgan fingerprint density at radius 1 is 1.21 bits per heavy atom. The number of ether oxygens (including phenoxy) is 1. The van der Waals surface area contributed by atoms with Crippen LogP contribution in [0.25, 0.3) is 0 Å². The van der Waals surface area contributed by atoms with Crippen LogP contribution in [0.5, 0.6) is 5.75 Å². The third-order valence-corrected chi connectivity index (χ3v) is 7.69. The van der Waals surface area contributed by atoms with E-state index in [-0.39, 0.29) is 42.7 Å². The zero-order valence-electron chi connectivity index (χ0n) is 19.7. The Bertz CT molecular complexity index is 993. The Labute approximate surface area is 199 Å². The molecule has 178 valence electrons. The van der Waals surface area contributed by atoms with E-state index in [0.29, 0.717) is 12.3 Å². The van der Waals surface area contributed by atoms with Crippen molar-refractivity contribution in [3.8, 4) is 5.75 Å². The van der Waals surface area contributed by atoms with E-state index in [1.165, 1.54) is 17.0 Å². The minimum Gasteiger partial charge on any atom is -0.491 e. The zero-order valence-corrected chi connectivity index (χ0v) is 20.5. The molecule has 4 rings (SSSR count). The van der Waals surface area contributed by atoms with Crippen LogP contribution in [0.3, 0.4) is 0 Å². The summed E-state index contributed by atoms with van der Waals surface area (Å²) < 4.78 is 19.5. The average molecular weight is 473 g/mol. The summed E-state index contributed by atoms with van der Waals surface area (Å²) in [4.78, 5) is 31.7. The number of carbonyl (C=O) groups excluding carboxylic acids is 2.